The zero-order chi connectivity index (χ0) is 23.3. The van der Waals surface area contributed by atoms with Gasteiger partial charge in [0, 0.05) is 10.4 Å². The predicted molar refractivity (Wildman–Crippen MR) is 121 cm³/mol. The van der Waals surface area contributed by atoms with Crippen molar-refractivity contribution in [2.24, 2.45) is 5.73 Å². The number of carbonyl (C=O) groups is 3. The Balaban J connectivity index is 1.97. The van der Waals surface area contributed by atoms with E-state index < -0.39 is 17.8 Å². The highest BCUT2D eigenvalue weighted by atomic mass is 32.1. The molecule has 10 heteroatoms. The number of benzene rings is 1. The number of amides is 4. The lowest BCUT2D eigenvalue weighted by atomic mass is 10.1. The maximum atomic E-state index is 13.1. The van der Waals surface area contributed by atoms with Crippen molar-refractivity contribution in [2.75, 3.05) is 25.1 Å². The Kier molecular flexibility index (Phi) is 7.57. The van der Waals surface area contributed by atoms with Crippen LogP contribution in [0, 0.1) is 0 Å². The highest BCUT2D eigenvalue weighted by molar-refractivity contribution is 7.17. The third kappa shape index (κ3) is 4.96. The van der Waals surface area contributed by atoms with Crippen molar-refractivity contribution in [1.82, 2.24) is 5.32 Å². The number of carbonyl (C=O) groups excluding carboxylic acids is 3. The van der Waals surface area contributed by atoms with E-state index in [2.05, 4.69) is 10.6 Å². The number of hydrogen-bond acceptors (Lipinski definition) is 7. The number of ether oxygens (including phenoxy) is 3. The van der Waals surface area contributed by atoms with Crippen molar-refractivity contribution >= 4 is 34.2 Å². The van der Waals surface area contributed by atoms with Crippen LogP contribution in [-0.2, 0) is 12.8 Å². The van der Waals surface area contributed by atoms with Gasteiger partial charge in [-0.15, -0.1) is 11.3 Å². The second kappa shape index (κ2) is 10.4. The summed E-state index contributed by atoms with van der Waals surface area (Å²) in [5.74, 6) is 0.160. The molecule has 1 aromatic heterocycles. The van der Waals surface area contributed by atoms with Crippen molar-refractivity contribution in [3.05, 3.63) is 33.7 Å². The van der Waals surface area contributed by atoms with E-state index in [0.717, 1.165) is 23.3 Å². The normalized spacial score (nSPS) is 12.1. The Morgan fingerprint density at radius 3 is 2.16 bits per heavy atom. The molecule has 4 amide bonds. The van der Waals surface area contributed by atoms with Gasteiger partial charge in [0.15, 0.2) is 11.5 Å². The van der Waals surface area contributed by atoms with Crippen LogP contribution in [0.15, 0.2) is 12.1 Å². The van der Waals surface area contributed by atoms with E-state index in [1.165, 1.54) is 11.3 Å². The summed E-state index contributed by atoms with van der Waals surface area (Å²) in [5, 5.41) is 5.29. The molecule has 0 aliphatic heterocycles. The van der Waals surface area contributed by atoms with Crippen molar-refractivity contribution < 1.29 is 28.6 Å². The summed E-state index contributed by atoms with van der Waals surface area (Å²) >= 11 is 1.34. The molecule has 4 N–H and O–H groups in total. The lowest BCUT2D eigenvalue weighted by molar-refractivity contribution is 0.0966. The molecular formula is C22H27N3O6S. The second-order valence-corrected chi connectivity index (χ2v) is 8.04. The number of hydrogen-bond donors (Lipinski definition) is 3. The van der Waals surface area contributed by atoms with E-state index in [-0.39, 0.29) is 11.1 Å². The molecule has 172 valence electrons. The average Bonchev–Trinajstić information content (AvgIpc) is 3.30. The summed E-state index contributed by atoms with van der Waals surface area (Å²) in [6.07, 6.45) is 2.44. The fraction of sp³-hybridized carbons (Fsp3) is 0.409. The average molecular weight is 462 g/mol. The summed E-state index contributed by atoms with van der Waals surface area (Å²) in [7, 11) is 0. The molecule has 1 aliphatic rings. The third-order valence-electron chi connectivity index (χ3n) is 4.78. The highest BCUT2D eigenvalue weighted by Gasteiger charge is 2.28. The maximum absolute atomic E-state index is 13.1. The SMILES string of the molecule is CCOc1cc(C(=O)Nc2sc3c(c2C(=O)NC(N)=O)CCC3)cc(OCC)c1OCC. The first kappa shape index (κ1) is 23.4. The topological polar surface area (TPSA) is 129 Å². The van der Waals surface area contributed by atoms with Gasteiger partial charge in [-0.2, -0.15) is 0 Å². The number of nitrogens with two attached hydrogens (primary N) is 1. The Morgan fingerprint density at radius 2 is 1.59 bits per heavy atom. The van der Waals surface area contributed by atoms with E-state index in [1.54, 1.807) is 12.1 Å². The lowest BCUT2D eigenvalue weighted by Gasteiger charge is -2.17. The molecule has 3 rings (SSSR count). The molecule has 32 heavy (non-hydrogen) atoms. The zero-order valence-electron chi connectivity index (χ0n) is 18.3. The van der Waals surface area contributed by atoms with Crippen molar-refractivity contribution in [2.45, 2.75) is 40.0 Å². The fourth-order valence-electron chi connectivity index (χ4n) is 3.60. The summed E-state index contributed by atoms with van der Waals surface area (Å²) in [6.45, 7) is 6.68. The molecule has 2 aromatic rings. The van der Waals surface area contributed by atoms with Gasteiger partial charge in [0.2, 0.25) is 5.75 Å². The van der Waals surface area contributed by atoms with E-state index in [9.17, 15) is 14.4 Å². The Labute approximate surface area is 190 Å². The molecule has 1 heterocycles. The van der Waals surface area contributed by atoms with Gasteiger partial charge in [-0.1, -0.05) is 0 Å². The van der Waals surface area contributed by atoms with Gasteiger partial charge in [-0.3, -0.25) is 14.9 Å². The molecule has 9 nitrogen and oxygen atoms in total. The molecule has 0 unspecified atom stereocenters. The minimum Gasteiger partial charge on any atom is -0.490 e. The Morgan fingerprint density at radius 1 is 0.969 bits per heavy atom. The Bertz CT molecular complexity index is 1010. The minimum absolute atomic E-state index is 0.287. The molecular weight excluding hydrogens is 434 g/mol. The largest absolute Gasteiger partial charge is 0.490 e. The zero-order valence-corrected chi connectivity index (χ0v) is 19.1. The van der Waals surface area contributed by atoms with Crippen LogP contribution in [-0.4, -0.2) is 37.7 Å². The maximum Gasteiger partial charge on any atom is 0.319 e. The van der Waals surface area contributed by atoms with E-state index in [0.29, 0.717) is 48.5 Å². The molecule has 1 aromatic carbocycles. The number of nitrogens with one attached hydrogen (secondary N) is 2. The van der Waals surface area contributed by atoms with Crippen LogP contribution in [0.5, 0.6) is 17.2 Å². The molecule has 0 saturated heterocycles. The number of urea groups is 1. The number of thiophene rings is 1. The smallest absolute Gasteiger partial charge is 0.319 e. The van der Waals surface area contributed by atoms with Crippen molar-refractivity contribution in [3.63, 3.8) is 0 Å². The molecule has 0 bridgehead atoms. The molecule has 0 saturated carbocycles. The van der Waals surface area contributed by atoms with Gasteiger partial charge in [-0.05, 0) is 57.7 Å². The van der Waals surface area contributed by atoms with Crippen LogP contribution in [0.3, 0.4) is 0 Å². The number of aryl methyl sites for hydroxylation is 1. The molecule has 0 atom stereocenters. The van der Waals surface area contributed by atoms with Crippen LogP contribution in [0.25, 0.3) is 0 Å². The van der Waals surface area contributed by atoms with Crippen LogP contribution in [0.1, 0.15) is 58.3 Å². The summed E-state index contributed by atoms with van der Waals surface area (Å²) in [4.78, 5) is 38.0. The fourth-order valence-corrected chi connectivity index (χ4v) is 4.88. The first-order valence-electron chi connectivity index (χ1n) is 10.5. The van der Waals surface area contributed by atoms with Gasteiger partial charge in [0.25, 0.3) is 11.8 Å². The number of primary amides is 1. The van der Waals surface area contributed by atoms with Crippen LogP contribution < -0.4 is 30.6 Å². The molecule has 0 fully saturated rings. The van der Waals surface area contributed by atoms with Gasteiger partial charge in [-0.25, -0.2) is 4.79 Å². The van der Waals surface area contributed by atoms with Crippen LogP contribution in [0.4, 0.5) is 9.80 Å². The third-order valence-corrected chi connectivity index (χ3v) is 5.99. The molecule has 1 aliphatic carbocycles. The van der Waals surface area contributed by atoms with Gasteiger partial charge < -0.3 is 25.3 Å². The van der Waals surface area contributed by atoms with Crippen LogP contribution >= 0.6 is 11.3 Å². The van der Waals surface area contributed by atoms with Gasteiger partial charge in [0.1, 0.15) is 5.00 Å². The van der Waals surface area contributed by atoms with Crippen molar-refractivity contribution in [3.8, 4) is 17.2 Å². The van der Waals surface area contributed by atoms with Crippen molar-refractivity contribution in [1.29, 1.82) is 0 Å². The Hall–Kier alpha value is -3.27. The summed E-state index contributed by atoms with van der Waals surface area (Å²) in [6, 6.07) is 2.22. The molecule has 0 spiro atoms. The van der Waals surface area contributed by atoms with Crippen LogP contribution in [0.2, 0.25) is 0 Å². The second-order valence-electron chi connectivity index (χ2n) is 6.93. The standard InChI is InChI=1S/C22H27N3O6S/c1-4-29-14-10-12(11-15(30-5-2)18(14)31-6-3)19(26)24-21-17(20(27)25-22(23)28)13-8-7-9-16(13)32-21/h10-11H,4-9H2,1-3H3,(H,24,26)(H3,23,25,27,28). The number of anilines is 1. The monoisotopic (exact) mass is 461 g/mol. The summed E-state index contributed by atoms with van der Waals surface area (Å²) in [5.41, 5.74) is 6.54. The lowest BCUT2D eigenvalue weighted by Crippen LogP contribution is -2.35. The minimum atomic E-state index is -0.945. The van der Waals surface area contributed by atoms with E-state index in [4.69, 9.17) is 19.9 Å². The summed E-state index contributed by atoms with van der Waals surface area (Å²) < 4.78 is 17.0. The number of rotatable bonds is 9. The van der Waals surface area contributed by atoms with Gasteiger partial charge in [0.05, 0.1) is 25.4 Å². The first-order chi connectivity index (χ1) is 15.4. The highest BCUT2D eigenvalue weighted by Crippen LogP contribution is 2.41. The quantitative estimate of drug-likeness (QED) is 0.524. The number of fused-ring (bicyclic) bond motifs is 1. The first-order valence-corrected chi connectivity index (χ1v) is 11.3. The molecule has 0 radical (unpaired) electrons. The predicted octanol–water partition coefficient (Wildman–Crippen LogP) is 3.49. The van der Waals surface area contributed by atoms with Gasteiger partial charge >= 0.3 is 6.03 Å². The van der Waals surface area contributed by atoms with E-state index >= 15 is 0 Å². The van der Waals surface area contributed by atoms with E-state index in [1.807, 2.05) is 20.8 Å². The number of imide groups is 1.